The summed E-state index contributed by atoms with van der Waals surface area (Å²) in [6, 6.07) is 22.8. The average Bonchev–Trinajstić information content (AvgIpc) is 3.07. The van der Waals surface area contributed by atoms with Gasteiger partial charge in [0, 0.05) is 31.7 Å². The molecule has 1 aromatic heterocycles. The van der Waals surface area contributed by atoms with Crippen molar-refractivity contribution >= 4 is 6.09 Å². The van der Waals surface area contributed by atoms with Gasteiger partial charge in [0.2, 0.25) is 0 Å². The van der Waals surface area contributed by atoms with Gasteiger partial charge in [-0.2, -0.15) is 0 Å². The Labute approximate surface area is 172 Å². The third-order valence-corrected chi connectivity index (χ3v) is 5.15. The molecule has 2 aromatic carbocycles. The second-order valence-electron chi connectivity index (χ2n) is 8.63. The predicted molar refractivity (Wildman–Crippen MR) is 116 cm³/mol. The first-order valence-corrected chi connectivity index (χ1v) is 10.2. The SMILES string of the molecule is CC(C)(C)OC(=O)n1c(-c2ccccc2)cc2c1CCN(Cc1ccccc1)C2. The lowest BCUT2D eigenvalue weighted by Gasteiger charge is -2.28. The Bertz CT molecular complexity index is 985. The number of ether oxygens (including phenoxy) is 1. The molecule has 0 unspecified atom stereocenters. The van der Waals surface area contributed by atoms with E-state index in [9.17, 15) is 4.79 Å². The van der Waals surface area contributed by atoms with Gasteiger partial charge in [-0.25, -0.2) is 9.36 Å². The molecular weight excluding hydrogens is 360 g/mol. The van der Waals surface area contributed by atoms with Crippen molar-refractivity contribution in [2.75, 3.05) is 6.54 Å². The van der Waals surface area contributed by atoms with Crippen LogP contribution in [0.25, 0.3) is 11.3 Å². The van der Waals surface area contributed by atoms with Crippen molar-refractivity contribution in [3.05, 3.63) is 83.6 Å². The Morgan fingerprint density at radius 2 is 1.66 bits per heavy atom. The van der Waals surface area contributed by atoms with Crippen molar-refractivity contribution < 1.29 is 9.53 Å². The maximum Gasteiger partial charge on any atom is 0.419 e. The number of carbonyl (C=O) groups is 1. The molecule has 0 saturated heterocycles. The van der Waals surface area contributed by atoms with E-state index in [1.165, 1.54) is 11.1 Å². The highest BCUT2D eigenvalue weighted by atomic mass is 16.6. The van der Waals surface area contributed by atoms with E-state index in [1.807, 2.05) is 57.2 Å². The van der Waals surface area contributed by atoms with Crippen LogP contribution < -0.4 is 0 Å². The zero-order valence-electron chi connectivity index (χ0n) is 17.4. The van der Waals surface area contributed by atoms with Crippen LogP contribution >= 0.6 is 0 Å². The van der Waals surface area contributed by atoms with E-state index in [0.717, 1.165) is 43.0 Å². The number of carbonyl (C=O) groups excluding carboxylic acids is 1. The number of benzene rings is 2. The molecule has 0 fully saturated rings. The Morgan fingerprint density at radius 3 is 2.31 bits per heavy atom. The molecule has 0 aliphatic carbocycles. The summed E-state index contributed by atoms with van der Waals surface area (Å²) in [6.45, 7) is 8.39. The van der Waals surface area contributed by atoms with Gasteiger partial charge >= 0.3 is 6.09 Å². The van der Waals surface area contributed by atoms with E-state index in [4.69, 9.17) is 4.74 Å². The topological polar surface area (TPSA) is 34.5 Å². The minimum Gasteiger partial charge on any atom is -0.443 e. The number of hydrogen-bond donors (Lipinski definition) is 0. The lowest BCUT2D eigenvalue weighted by molar-refractivity contribution is 0.0533. The molecule has 4 nitrogen and oxygen atoms in total. The fraction of sp³-hybridized carbons (Fsp3) is 0.320. The van der Waals surface area contributed by atoms with E-state index >= 15 is 0 Å². The monoisotopic (exact) mass is 388 g/mol. The number of rotatable bonds is 3. The smallest absolute Gasteiger partial charge is 0.419 e. The highest BCUT2D eigenvalue weighted by Gasteiger charge is 2.28. The molecule has 1 aliphatic rings. The summed E-state index contributed by atoms with van der Waals surface area (Å²) in [7, 11) is 0. The summed E-state index contributed by atoms with van der Waals surface area (Å²) in [5, 5.41) is 0. The van der Waals surface area contributed by atoms with Crippen LogP contribution in [0.5, 0.6) is 0 Å². The Balaban J connectivity index is 1.68. The molecule has 0 amide bonds. The van der Waals surface area contributed by atoms with E-state index < -0.39 is 5.60 Å². The van der Waals surface area contributed by atoms with Crippen LogP contribution in [0.4, 0.5) is 4.79 Å². The maximum atomic E-state index is 13.1. The van der Waals surface area contributed by atoms with Crippen molar-refractivity contribution in [1.82, 2.24) is 9.47 Å². The minimum atomic E-state index is -0.532. The summed E-state index contributed by atoms with van der Waals surface area (Å²) in [5.41, 5.74) is 5.00. The lowest BCUT2D eigenvalue weighted by atomic mass is 10.1. The van der Waals surface area contributed by atoms with Crippen molar-refractivity contribution in [2.45, 2.75) is 45.9 Å². The Morgan fingerprint density at radius 1 is 1.00 bits per heavy atom. The molecule has 29 heavy (non-hydrogen) atoms. The van der Waals surface area contributed by atoms with Gasteiger partial charge in [0.15, 0.2) is 0 Å². The van der Waals surface area contributed by atoms with Gasteiger partial charge < -0.3 is 4.74 Å². The molecule has 0 atom stereocenters. The zero-order chi connectivity index (χ0) is 20.4. The molecule has 3 aromatic rings. The minimum absolute atomic E-state index is 0.297. The molecule has 0 bridgehead atoms. The number of nitrogens with zero attached hydrogens (tertiary/aromatic N) is 2. The van der Waals surface area contributed by atoms with Crippen LogP contribution in [0.3, 0.4) is 0 Å². The third-order valence-electron chi connectivity index (χ3n) is 5.15. The number of hydrogen-bond acceptors (Lipinski definition) is 3. The summed E-state index contributed by atoms with van der Waals surface area (Å²) < 4.78 is 7.53. The van der Waals surface area contributed by atoms with Crippen LogP contribution in [0, 0.1) is 0 Å². The zero-order valence-corrected chi connectivity index (χ0v) is 17.4. The van der Waals surface area contributed by atoms with Crippen LogP contribution in [0.15, 0.2) is 66.7 Å². The standard InChI is InChI=1S/C25H28N2O2/c1-25(2,3)29-24(28)27-22-14-15-26(17-19-10-6-4-7-11-19)18-21(22)16-23(27)20-12-8-5-9-13-20/h4-13,16H,14-15,17-18H2,1-3H3. The molecule has 0 N–H and O–H groups in total. The molecular formula is C25H28N2O2. The summed E-state index contributed by atoms with van der Waals surface area (Å²) in [4.78, 5) is 15.5. The van der Waals surface area contributed by atoms with Crippen LogP contribution in [0.1, 0.15) is 37.6 Å². The van der Waals surface area contributed by atoms with Crippen molar-refractivity contribution in [3.8, 4) is 11.3 Å². The van der Waals surface area contributed by atoms with Gasteiger partial charge in [0.05, 0.1) is 5.69 Å². The summed E-state index contributed by atoms with van der Waals surface area (Å²) in [6.07, 6.45) is 0.531. The molecule has 0 radical (unpaired) electrons. The third kappa shape index (κ3) is 4.43. The predicted octanol–water partition coefficient (Wildman–Crippen LogP) is 5.50. The average molecular weight is 389 g/mol. The van der Waals surface area contributed by atoms with Gasteiger partial charge in [-0.1, -0.05) is 60.7 Å². The van der Waals surface area contributed by atoms with Crippen LogP contribution in [-0.4, -0.2) is 27.7 Å². The van der Waals surface area contributed by atoms with Crippen LogP contribution in [0.2, 0.25) is 0 Å². The summed E-state index contributed by atoms with van der Waals surface area (Å²) >= 11 is 0. The first kappa shape index (κ1) is 19.5. The maximum absolute atomic E-state index is 13.1. The first-order chi connectivity index (χ1) is 13.9. The molecule has 4 rings (SSSR count). The fourth-order valence-corrected chi connectivity index (χ4v) is 3.91. The van der Waals surface area contributed by atoms with E-state index in [1.54, 1.807) is 4.57 Å². The van der Waals surface area contributed by atoms with E-state index in [2.05, 4.69) is 35.2 Å². The molecule has 150 valence electrons. The highest BCUT2D eigenvalue weighted by Crippen LogP contribution is 2.31. The molecule has 0 spiro atoms. The Hall–Kier alpha value is -2.85. The number of aromatic nitrogens is 1. The second kappa shape index (κ2) is 7.88. The van der Waals surface area contributed by atoms with Crippen molar-refractivity contribution in [2.24, 2.45) is 0 Å². The van der Waals surface area contributed by atoms with Gasteiger partial charge in [-0.05, 0) is 43.5 Å². The van der Waals surface area contributed by atoms with Gasteiger partial charge in [-0.15, -0.1) is 0 Å². The normalized spacial score (nSPS) is 14.4. The number of fused-ring (bicyclic) bond motifs is 1. The fourth-order valence-electron chi connectivity index (χ4n) is 3.91. The van der Waals surface area contributed by atoms with Crippen molar-refractivity contribution in [1.29, 1.82) is 0 Å². The van der Waals surface area contributed by atoms with Gasteiger partial charge in [-0.3, -0.25) is 4.90 Å². The quantitative estimate of drug-likeness (QED) is 0.594. The molecule has 4 heteroatoms. The van der Waals surface area contributed by atoms with Crippen molar-refractivity contribution in [3.63, 3.8) is 0 Å². The van der Waals surface area contributed by atoms with Gasteiger partial charge in [0.25, 0.3) is 0 Å². The van der Waals surface area contributed by atoms with Crippen LogP contribution in [-0.2, 0) is 24.2 Å². The largest absolute Gasteiger partial charge is 0.443 e. The molecule has 0 saturated carbocycles. The Kier molecular flexibility index (Phi) is 5.29. The summed E-state index contributed by atoms with van der Waals surface area (Å²) in [5.74, 6) is 0. The van der Waals surface area contributed by atoms with Gasteiger partial charge in [0.1, 0.15) is 5.60 Å². The first-order valence-electron chi connectivity index (χ1n) is 10.2. The van der Waals surface area contributed by atoms with E-state index in [0.29, 0.717) is 0 Å². The van der Waals surface area contributed by atoms with E-state index in [-0.39, 0.29) is 6.09 Å². The lowest BCUT2D eigenvalue weighted by Crippen LogP contribution is -2.33. The molecule has 2 heterocycles. The second-order valence-corrected chi connectivity index (χ2v) is 8.63. The molecule has 1 aliphatic heterocycles. The highest BCUT2D eigenvalue weighted by molar-refractivity contribution is 5.81.